The van der Waals surface area contributed by atoms with Gasteiger partial charge in [0, 0.05) is 30.6 Å². The molecule has 0 radical (unpaired) electrons. The average molecular weight is 445 g/mol. The standard InChI is InChI=1S/C25H32O7/c1-14(26)31-13-21(30)25(32-15(2)27)10-8-19-18-6-5-16-11-17(28)7-9-23(16,3)22(18)20(29)12-24(19,25)4/h7,9,11,18-20,22,29H,5-6,8,10,12-13H2,1-4H3/t18-,19-,20+,22+,23-,24-,25-/m0/s1. The second-order valence-electron chi connectivity index (χ2n) is 10.4. The van der Waals surface area contributed by atoms with Crippen molar-refractivity contribution < 1.29 is 33.8 Å². The van der Waals surface area contributed by atoms with E-state index in [0.29, 0.717) is 19.3 Å². The molecule has 7 heteroatoms. The Morgan fingerprint density at radius 2 is 1.88 bits per heavy atom. The molecule has 0 aromatic carbocycles. The van der Waals surface area contributed by atoms with Crippen LogP contribution in [0.15, 0.2) is 23.8 Å². The molecular weight excluding hydrogens is 412 g/mol. The average Bonchev–Trinajstić information content (AvgIpc) is 2.98. The first-order valence-corrected chi connectivity index (χ1v) is 11.4. The van der Waals surface area contributed by atoms with E-state index in [1.165, 1.54) is 13.8 Å². The third-order valence-corrected chi connectivity index (χ3v) is 8.79. The summed E-state index contributed by atoms with van der Waals surface area (Å²) in [6.45, 7) is 6.08. The lowest BCUT2D eigenvalue weighted by molar-refractivity contribution is -0.199. The quantitative estimate of drug-likeness (QED) is 0.664. The highest BCUT2D eigenvalue weighted by Crippen LogP contribution is 2.67. The molecule has 7 nitrogen and oxygen atoms in total. The van der Waals surface area contributed by atoms with Crippen LogP contribution < -0.4 is 0 Å². The molecule has 0 spiro atoms. The molecule has 3 fully saturated rings. The van der Waals surface area contributed by atoms with Gasteiger partial charge in [-0.25, -0.2) is 0 Å². The third kappa shape index (κ3) is 3.19. The number of esters is 2. The molecule has 4 rings (SSSR count). The molecule has 4 aliphatic rings. The highest BCUT2D eigenvalue weighted by molar-refractivity contribution is 6.01. The van der Waals surface area contributed by atoms with Gasteiger partial charge >= 0.3 is 11.9 Å². The molecule has 4 aliphatic carbocycles. The van der Waals surface area contributed by atoms with Crippen molar-refractivity contribution in [3.63, 3.8) is 0 Å². The summed E-state index contributed by atoms with van der Waals surface area (Å²) in [4.78, 5) is 48.8. The summed E-state index contributed by atoms with van der Waals surface area (Å²) in [5.74, 6) is -1.49. The molecule has 0 unspecified atom stereocenters. The van der Waals surface area contributed by atoms with Gasteiger partial charge in [0.25, 0.3) is 0 Å². The van der Waals surface area contributed by atoms with Crippen molar-refractivity contribution in [3.8, 4) is 0 Å². The predicted octanol–water partition coefficient (Wildman–Crippen LogP) is 2.70. The number of carbonyl (C=O) groups is 4. The lowest BCUT2D eigenvalue weighted by atomic mass is 9.46. The zero-order valence-corrected chi connectivity index (χ0v) is 19.2. The van der Waals surface area contributed by atoms with Crippen molar-refractivity contribution in [2.45, 2.75) is 71.5 Å². The largest absolute Gasteiger partial charge is 0.458 e. The van der Waals surface area contributed by atoms with Crippen LogP contribution in [-0.2, 0) is 28.7 Å². The number of ketones is 2. The number of hydrogen-bond donors (Lipinski definition) is 1. The Hall–Kier alpha value is -2.28. The molecule has 7 atom stereocenters. The van der Waals surface area contributed by atoms with Crippen molar-refractivity contribution in [1.29, 1.82) is 0 Å². The van der Waals surface area contributed by atoms with Crippen LogP contribution in [-0.4, -0.2) is 46.9 Å². The second-order valence-corrected chi connectivity index (χ2v) is 10.4. The van der Waals surface area contributed by atoms with Gasteiger partial charge in [-0.2, -0.15) is 0 Å². The fourth-order valence-electron chi connectivity index (χ4n) is 7.53. The van der Waals surface area contributed by atoms with Crippen LogP contribution in [0.3, 0.4) is 0 Å². The summed E-state index contributed by atoms with van der Waals surface area (Å²) < 4.78 is 10.8. The fourth-order valence-corrected chi connectivity index (χ4v) is 7.53. The van der Waals surface area contributed by atoms with Gasteiger partial charge in [-0.1, -0.05) is 25.5 Å². The first-order valence-electron chi connectivity index (χ1n) is 11.4. The van der Waals surface area contributed by atoms with E-state index in [2.05, 4.69) is 6.92 Å². The van der Waals surface area contributed by atoms with E-state index in [4.69, 9.17) is 9.47 Å². The predicted molar refractivity (Wildman–Crippen MR) is 114 cm³/mol. The summed E-state index contributed by atoms with van der Waals surface area (Å²) in [7, 11) is 0. The summed E-state index contributed by atoms with van der Waals surface area (Å²) in [5, 5.41) is 11.5. The summed E-state index contributed by atoms with van der Waals surface area (Å²) in [6.07, 6.45) is 7.38. The Bertz CT molecular complexity index is 933. The number of aliphatic hydroxyl groups is 1. The molecule has 0 bridgehead atoms. The van der Waals surface area contributed by atoms with E-state index in [1.807, 2.05) is 13.0 Å². The molecular formula is C25H32O7. The zero-order valence-electron chi connectivity index (χ0n) is 19.2. The van der Waals surface area contributed by atoms with E-state index in [9.17, 15) is 24.3 Å². The minimum Gasteiger partial charge on any atom is -0.458 e. The van der Waals surface area contributed by atoms with Crippen molar-refractivity contribution in [3.05, 3.63) is 23.8 Å². The molecule has 0 heterocycles. The molecule has 32 heavy (non-hydrogen) atoms. The van der Waals surface area contributed by atoms with Gasteiger partial charge in [-0.3, -0.25) is 19.2 Å². The normalized spacial score (nSPS) is 42.3. The number of allylic oxidation sites excluding steroid dienone is 4. The summed E-state index contributed by atoms with van der Waals surface area (Å²) >= 11 is 0. The van der Waals surface area contributed by atoms with Crippen molar-refractivity contribution in [2.75, 3.05) is 6.61 Å². The molecule has 3 saturated carbocycles. The number of ether oxygens (including phenoxy) is 2. The first kappa shape index (κ1) is 22.9. The monoisotopic (exact) mass is 444 g/mol. The van der Waals surface area contributed by atoms with Gasteiger partial charge in [-0.15, -0.1) is 0 Å². The highest BCUT2D eigenvalue weighted by Gasteiger charge is 2.70. The van der Waals surface area contributed by atoms with Gasteiger partial charge in [0.1, 0.15) is 0 Å². The van der Waals surface area contributed by atoms with E-state index in [0.717, 1.165) is 18.4 Å². The Morgan fingerprint density at radius 3 is 2.53 bits per heavy atom. The number of aliphatic hydroxyl groups excluding tert-OH is 1. The van der Waals surface area contributed by atoms with Gasteiger partial charge < -0.3 is 14.6 Å². The topological polar surface area (TPSA) is 107 Å². The van der Waals surface area contributed by atoms with Crippen LogP contribution in [0.5, 0.6) is 0 Å². The lowest BCUT2D eigenvalue weighted by Gasteiger charge is -2.59. The molecule has 1 N–H and O–H groups in total. The van der Waals surface area contributed by atoms with E-state index in [1.54, 1.807) is 12.2 Å². The molecule has 0 amide bonds. The minimum absolute atomic E-state index is 0.0168. The number of carbonyl (C=O) groups excluding carboxylic acids is 4. The number of rotatable bonds is 4. The fraction of sp³-hybridized carbons (Fsp3) is 0.680. The van der Waals surface area contributed by atoms with Crippen LogP contribution in [0.2, 0.25) is 0 Å². The van der Waals surface area contributed by atoms with Crippen LogP contribution in [0.4, 0.5) is 0 Å². The Kier molecular flexibility index (Phi) is 5.47. The zero-order chi connectivity index (χ0) is 23.5. The minimum atomic E-state index is -1.43. The summed E-state index contributed by atoms with van der Waals surface area (Å²) in [5.41, 5.74) is -1.56. The van der Waals surface area contributed by atoms with E-state index >= 15 is 0 Å². The molecule has 0 aliphatic heterocycles. The first-order chi connectivity index (χ1) is 14.9. The van der Waals surface area contributed by atoms with Crippen LogP contribution in [0.1, 0.15) is 59.8 Å². The number of fused-ring (bicyclic) bond motifs is 5. The summed E-state index contributed by atoms with van der Waals surface area (Å²) in [6, 6.07) is 0. The SMILES string of the molecule is CC(=O)OCC(=O)[C@@]1(OC(C)=O)CC[C@H]2[C@@H]3CCC4=CC(=O)C=C[C@]4(C)[C@H]3[C@H](O)C[C@@]21C. The smallest absolute Gasteiger partial charge is 0.303 e. The molecule has 0 saturated heterocycles. The molecule has 0 aromatic rings. The third-order valence-electron chi connectivity index (χ3n) is 8.79. The van der Waals surface area contributed by atoms with Gasteiger partial charge in [0.2, 0.25) is 5.78 Å². The second kappa shape index (κ2) is 7.65. The van der Waals surface area contributed by atoms with Crippen molar-refractivity contribution in [2.24, 2.45) is 28.6 Å². The van der Waals surface area contributed by atoms with Crippen LogP contribution in [0.25, 0.3) is 0 Å². The maximum Gasteiger partial charge on any atom is 0.303 e. The van der Waals surface area contributed by atoms with Gasteiger partial charge in [0.05, 0.1) is 6.10 Å². The Balaban J connectivity index is 1.73. The maximum atomic E-state index is 13.4. The van der Waals surface area contributed by atoms with E-state index < -0.39 is 46.9 Å². The highest BCUT2D eigenvalue weighted by atomic mass is 16.6. The van der Waals surface area contributed by atoms with Crippen molar-refractivity contribution >= 4 is 23.5 Å². The number of Topliss-reactive ketones (excluding diaryl/α,β-unsaturated/α-hetero) is 1. The van der Waals surface area contributed by atoms with Crippen LogP contribution in [0, 0.1) is 28.6 Å². The van der Waals surface area contributed by atoms with Crippen LogP contribution >= 0.6 is 0 Å². The number of hydrogen-bond acceptors (Lipinski definition) is 7. The van der Waals surface area contributed by atoms with Crippen molar-refractivity contribution in [1.82, 2.24) is 0 Å². The van der Waals surface area contributed by atoms with E-state index in [-0.39, 0.29) is 23.5 Å². The maximum absolute atomic E-state index is 13.4. The molecule has 0 aromatic heterocycles. The molecule has 174 valence electrons. The Morgan fingerprint density at radius 1 is 1.16 bits per heavy atom. The Labute approximate surface area is 188 Å². The van der Waals surface area contributed by atoms with Gasteiger partial charge in [-0.05, 0) is 56.1 Å². The lowest BCUT2D eigenvalue weighted by Crippen LogP contribution is -2.63. The van der Waals surface area contributed by atoms with Gasteiger partial charge in [0.15, 0.2) is 18.0 Å².